The van der Waals surface area contributed by atoms with Gasteiger partial charge in [0.15, 0.2) is 0 Å². The van der Waals surface area contributed by atoms with Crippen molar-refractivity contribution >= 4 is 0 Å². The van der Waals surface area contributed by atoms with Gasteiger partial charge in [-0.1, -0.05) is 6.07 Å². The van der Waals surface area contributed by atoms with E-state index >= 15 is 0 Å². The monoisotopic (exact) mass is 255 g/mol. The smallest absolute Gasteiger partial charge is 0.142 e. The van der Waals surface area contributed by atoms with Gasteiger partial charge in [-0.25, -0.2) is 9.97 Å². The molecule has 0 fully saturated rings. The van der Waals surface area contributed by atoms with E-state index in [9.17, 15) is 0 Å². The van der Waals surface area contributed by atoms with Gasteiger partial charge in [0, 0.05) is 11.3 Å². The number of benzene rings is 1. The number of nitrogens with two attached hydrogens (primary N) is 1. The quantitative estimate of drug-likeness (QED) is 0.897. The van der Waals surface area contributed by atoms with Crippen molar-refractivity contribution in [2.45, 2.75) is 41.2 Å². The molecule has 1 heterocycles. The van der Waals surface area contributed by atoms with Gasteiger partial charge in [-0.3, -0.25) is 0 Å². The zero-order valence-corrected chi connectivity index (χ0v) is 12.3. The van der Waals surface area contributed by atoms with Crippen LogP contribution in [0, 0.1) is 34.6 Å². The van der Waals surface area contributed by atoms with Crippen molar-refractivity contribution in [1.29, 1.82) is 0 Å². The first-order chi connectivity index (χ1) is 8.93. The molecule has 1 aromatic heterocycles. The Bertz CT molecular complexity index is 604. The standard InChI is InChI=1S/C16H21N3/c1-9-6-10(2)13(5)16(12(9)4)14-7-11(3)18-15(8-17)19-14/h6-7H,8,17H2,1-5H3. The highest BCUT2D eigenvalue weighted by Crippen LogP contribution is 2.30. The molecule has 0 saturated carbocycles. The minimum atomic E-state index is 0.373. The Morgan fingerprint density at radius 1 is 0.895 bits per heavy atom. The Morgan fingerprint density at radius 2 is 1.47 bits per heavy atom. The van der Waals surface area contributed by atoms with Gasteiger partial charge in [0.1, 0.15) is 5.82 Å². The van der Waals surface area contributed by atoms with Gasteiger partial charge >= 0.3 is 0 Å². The number of aromatic nitrogens is 2. The molecule has 0 aliphatic heterocycles. The maximum Gasteiger partial charge on any atom is 0.142 e. The first-order valence-corrected chi connectivity index (χ1v) is 6.56. The summed E-state index contributed by atoms with van der Waals surface area (Å²) in [5.74, 6) is 0.702. The van der Waals surface area contributed by atoms with Crippen LogP contribution in [0.5, 0.6) is 0 Å². The molecular weight excluding hydrogens is 234 g/mol. The Labute approximate surface area is 114 Å². The molecule has 3 heteroatoms. The Hall–Kier alpha value is -1.74. The Kier molecular flexibility index (Phi) is 3.67. The lowest BCUT2D eigenvalue weighted by Gasteiger charge is -2.15. The first-order valence-electron chi connectivity index (χ1n) is 6.56. The minimum Gasteiger partial charge on any atom is -0.324 e. The summed E-state index contributed by atoms with van der Waals surface area (Å²) in [7, 11) is 0. The van der Waals surface area contributed by atoms with Crippen LogP contribution >= 0.6 is 0 Å². The maximum atomic E-state index is 5.68. The van der Waals surface area contributed by atoms with Gasteiger partial charge in [0.25, 0.3) is 0 Å². The van der Waals surface area contributed by atoms with E-state index in [2.05, 4.69) is 43.7 Å². The van der Waals surface area contributed by atoms with Gasteiger partial charge in [-0.05, 0) is 62.9 Å². The van der Waals surface area contributed by atoms with Gasteiger partial charge in [-0.2, -0.15) is 0 Å². The van der Waals surface area contributed by atoms with Crippen molar-refractivity contribution in [3.8, 4) is 11.3 Å². The van der Waals surface area contributed by atoms with E-state index in [0.717, 1.165) is 11.4 Å². The van der Waals surface area contributed by atoms with E-state index in [1.165, 1.54) is 27.8 Å². The van der Waals surface area contributed by atoms with Crippen LogP contribution in [0.3, 0.4) is 0 Å². The van der Waals surface area contributed by atoms with Crippen LogP contribution in [-0.4, -0.2) is 9.97 Å². The Morgan fingerprint density at radius 3 is 2.00 bits per heavy atom. The van der Waals surface area contributed by atoms with Gasteiger partial charge in [-0.15, -0.1) is 0 Å². The molecular formula is C16H21N3. The van der Waals surface area contributed by atoms with Crippen molar-refractivity contribution in [1.82, 2.24) is 9.97 Å². The molecule has 3 nitrogen and oxygen atoms in total. The van der Waals surface area contributed by atoms with E-state index in [4.69, 9.17) is 5.73 Å². The third-order valence-corrected chi connectivity index (χ3v) is 3.71. The fourth-order valence-corrected chi connectivity index (χ4v) is 2.45. The Balaban J connectivity index is 2.75. The van der Waals surface area contributed by atoms with Crippen LogP contribution in [0.4, 0.5) is 0 Å². The molecule has 0 spiro atoms. The van der Waals surface area contributed by atoms with Gasteiger partial charge in [0.05, 0.1) is 12.2 Å². The predicted octanol–water partition coefficient (Wildman–Crippen LogP) is 3.14. The van der Waals surface area contributed by atoms with Crippen molar-refractivity contribution in [2.24, 2.45) is 5.73 Å². The fourth-order valence-electron chi connectivity index (χ4n) is 2.45. The minimum absolute atomic E-state index is 0.373. The SMILES string of the molecule is Cc1cc(-c2c(C)c(C)cc(C)c2C)nc(CN)n1. The molecule has 2 N–H and O–H groups in total. The normalized spacial score (nSPS) is 10.8. The van der Waals surface area contributed by atoms with E-state index in [-0.39, 0.29) is 0 Å². The summed E-state index contributed by atoms with van der Waals surface area (Å²) in [4.78, 5) is 8.94. The number of rotatable bonds is 2. The van der Waals surface area contributed by atoms with Crippen LogP contribution in [0.1, 0.15) is 33.8 Å². The topological polar surface area (TPSA) is 51.8 Å². The summed E-state index contributed by atoms with van der Waals surface area (Å²) in [5.41, 5.74) is 14.0. The van der Waals surface area contributed by atoms with Gasteiger partial charge < -0.3 is 5.73 Å². The van der Waals surface area contributed by atoms with Gasteiger partial charge in [0.2, 0.25) is 0 Å². The molecule has 0 radical (unpaired) electrons. The summed E-state index contributed by atoms with van der Waals surface area (Å²) in [5, 5.41) is 0. The van der Waals surface area contributed by atoms with Crippen LogP contribution in [0.25, 0.3) is 11.3 Å². The summed E-state index contributed by atoms with van der Waals surface area (Å²) >= 11 is 0. The van der Waals surface area contributed by atoms with Crippen molar-refractivity contribution in [3.05, 3.63) is 45.9 Å². The average molecular weight is 255 g/mol. The van der Waals surface area contributed by atoms with Crippen molar-refractivity contribution < 1.29 is 0 Å². The van der Waals surface area contributed by atoms with E-state index < -0.39 is 0 Å². The highest BCUT2D eigenvalue weighted by molar-refractivity contribution is 5.70. The molecule has 0 saturated heterocycles. The average Bonchev–Trinajstić information content (AvgIpc) is 2.36. The lowest BCUT2D eigenvalue weighted by molar-refractivity contribution is 0.893. The number of aryl methyl sites for hydroxylation is 3. The third kappa shape index (κ3) is 2.51. The molecule has 2 aromatic rings. The molecule has 19 heavy (non-hydrogen) atoms. The van der Waals surface area contributed by atoms with Crippen LogP contribution in [-0.2, 0) is 6.54 Å². The van der Waals surface area contributed by atoms with Crippen LogP contribution in [0.15, 0.2) is 12.1 Å². The van der Waals surface area contributed by atoms with E-state index in [0.29, 0.717) is 12.4 Å². The molecule has 0 bridgehead atoms. The molecule has 0 aliphatic carbocycles. The highest BCUT2D eigenvalue weighted by atomic mass is 14.9. The molecule has 2 rings (SSSR count). The van der Waals surface area contributed by atoms with Crippen LogP contribution < -0.4 is 5.73 Å². The molecule has 1 aromatic carbocycles. The van der Waals surface area contributed by atoms with Crippen LogP contribution in [0.2, 0.25) is 0 Å². The molecule has 0 aliphatic rings. The second kappa shape index (κ2) is 5.10. The second-order valence-corrected chi connectivity index (χ2v) is 5.15. The molecule has 0 atom stereocenters. The number of hydrogen-bond acceptors (Lipinski definition) is 3. The summed E-state index contributed by atoms with van der Waals surface area (Å²) in [6.45, 7) is 10.9. The summed E-state index contributed by atoms with van der Waals surface area (Å²) in [6.07, 6.45) is 0. The second-order valence-electron chi connectivity index (χ2n) is 5.15. The fraction of sp³-hybridized carbons (Fsp3) is 0.375. The maximum absolute atomic E-state index is 5.68. The highest BCUT2D eigenvalue weighted by Gasteiger charge is 2.13. The van der Waals surface area contributed by atoms with Crippen molar-refractivity contribution in [3.63, 3.8) is 0 Å². The zero-order valence-electron chi connectivity index (χ0n) is 12.3. The molecule has 0 unspecified atom stereocenters. The molecule has 0 amide bonds. The summed E-state index contributed by atoms with van der Waals surface area (Å²) in [6, 6.07) is 4.26. The lowest BCUT2D eigenvalue weighted by atomic mass is 9.92. The number of hydrogen-bond donors (Lipinski definition) is 1. The summed E-state index contributed by atoms with van der Waals surface area (Å²) < 4.78 is 0. The third-order valence-electron chi connectivity index (χ3n) is 3.71. The molecule has 100 valence electrons. The van der Waals surface area contributed by atoms with Crippen molar-refractivity contribution in [2.75, 3.05) is 0 Å². The van der Waals surface area contributed by atoms with E-state index in [1.807, 2.05) is 13.0 Å². The number of nitrogens with zero attached hydrogens (tertiary/aromatic N) is 2. The largest absolute Gasteiger partial charge is 0.324 e. The zero-order chi connectivity index (χ0) is 14.2. The predicted molar refractivity (Wildman–Crippen MR) is 79.0 cm³/mol. The van der Waals surface area contributed by atoms with E-state index in [1.54, 1.807) is 0 Å². The first kappa shape index (κ1) is 13.7. The lowest BCUT2D eigenvalue weighted by Crippen LogP contribution is -2.06.